The highest BCUT2D eigenvalue weighted by Gasteiger charge is 2.33. The lowest BCUT2D eigenvalue weighted by Crippen LogP contribution is -2.41. The van der Waals surface area contributed by atoms with Crippen LogP contribution < -0.4 is 15.4 Å². The third-order valence-electron chi connectivity index (χ3n) is 3.18. The number of nitrogens with one attached hydrogen (secondary N) is 2. The van der Waals surface area contributed by atoms with Crippen LogP contribution in [-0.4, -0.2) is 30.6 Å². The number of aromatic nitrogens is 1. The fourth-order valence-electron chi connectivity index (χ4n) is 1.93. The number of rotatable bonds is 6. The number of hydrogen-bond acceptors (Lipinski definition) is 4. The minimum Gasteiger partial charge on any atom is -0.489 e. The number of hydrogen-bond donors (Lipinski definition) is 2. The highest BCUT2D eigenvalue weighted by molar-refractivity contribution is 14.0. The molecule has 2 aromatic rings. The van der Waals surface area contributed by atoms with Crippen LogP contribution in [0, 0.1) is 0 Å². The van der Waals surface area contributed by atoms with Gasteiger partial charge in [0.1, 0.15) is 16.9 Å². The second-order valence-corrected chi connectivity index (χ2v) is 6.69. The molecule has 150 valence electrons. The molecule has 0 bridgehead atoms. The molecule has 5 nitrogen and oxygen atoms in total. The van der Waals surface area contributed by atoms with Crippen molar-refractivity contribution >= 4 is 52.9 Å². The summed E-state index contributed by atoms with van der Waals surface area (Å²) in [5.74, 6) is 1.13. The molecule has 0 aliphatic rings. The molecular weight excluding hydrogens is 516 g/mol. The van der Waals surface area contributed by atoms with Crippen LogP contribution >= 0.6 is 46.9 Å². The quantitative estimate of drug-likeness (QED) is 0.324. The fraction of sp³-hybridized carbons (Fsp3) is 0.375. The Morgan fingerprint density at radius 2 is 1.96 bits per heavy atom. The summed E-state index contributed by atoms with van der Waals surface area (Å²) in [5, 5.41) is 7.92. The van der Waals surface area contributed by atoms with E-state index in [1.807, 2.05) is 6.92 Å². The van der Waals surface area contributed by atoms with E-state index < -0.39 is 11.9 Å². The summed E-state index contributed by atoms with van der Waals surface area (Å²) >= 11 is 6.77. The van der Waals surface area contributed by atoms with Gasteiger partial charge in [0.25, 0.3) is 0 Å². The second-order valence-electron chi connectivity index (χ2n) is 5.31. The molecule has 11 heteroatoms. The first-order valence-electron chi connectivity index (χ1n) is 7.66. The summed E-state index contributed by atoms with van der Waals surface area (Å²) in [4.78, 5) is 7.58. The molecule has 0 saturated carbocycles. The Morgan fingerprint density at radius 3 is 2.52 bits per heavy atom. The van der Waals surface area contributed by atoms with Crippen LogP contribution in [0.5, 0.6) is 5.75 Å². The monoisotopic (exact) mass is 534 g/mol. The summed E-state index contributed by atoms with van der Waals surface area (Å²) in [5.41, 5.74) is -0.882. The molecule has 0 spiro atoms. The summed E-state index contributed by atoms with van der Waals surface area (Å²) < 4.78 is 43.4. The molecule has 0 radical (unpaired) electrons. The van der Waals surface area contributed by atoms with Crippen molar-refractivity contribution in [1.29, 1.82) is 0 Å². The van der Waals surface area contributed by atoms with E-state index in [1.54, 1.807) is 31.3 Å². The van der Waals surface area contributed by atoms with Gasteiger partial charge in [0.2, 0.25) is 0 Å². The van der Waals surface area contributed by atoms with Gasteiger partial charge in [-0.15, -0.1) is 35.3 Å². The minimum atomic E-state index is -4.43. The van der Waals surface area contributed by atoms with Gasteiger partial charge in [-0.05, 0) is 31.2 Å². The first-order valence-corrected chi connectivity index (χ1v) is 8.92. The van der Waals surface area contributed by atoms with Gasteiger partial charge in [-0.1, -0.05) is 11.6 Å². The summed E-state index contributed by atoms with van der Waals surface area (Å²) in [6, 6.07) is 7.01. The molecule has 0 aliphatic heterocycles. The number of benzene rings is 1. The fourth-order valence-corrected chi connectivity index (χ4v) is 2.80. The Morgan fingerprint density at radius 1 is 1.30 bits per heavy atom. The number of aliphatic imine (C=N–C) groups is 1. The van der Waals surface area contributed by atoms with Crippen molar-refractivity contribution in [2.75, 3.05) is 13.6 Å². The Hall–Kier alpha value is -1.27. The highest BCUT2D eigenvalue weighted by atomic mass is 127. The zero-order chi connectivity index (χ0) is 19.2. The van der Waals surface area contributed by atoms with Crippen LogP contribution in [0.25, 0.3) is 0 Å². The van der Waals surface area contributed by atoms with Crippen LogP contribution in [0.2, 0.25) is 5.02 Å². The van der Waals surface area contributed by atoms with E-state index in [0.717, 1.165) is 16.7 Å². The van der Waals surface area contributed by atoms with Gasteiger partial charge in [-0.2, -0.15) is 13.2 Å². The van der Waals surface area contributed by atoms with Gasteiger partial charge in [-0.25, -0.2) is 4.98 Å². The van der Waals surface area contributed by atoms with E-state index in [0.29, 0.717) is 28.3 Å². The number of guanidine groups is 1. The normalized spacial score (nSPS) is 12.9. The molecule has 0 amide bonds. The summed E-state index contributed by atoms with van der Waals surface area (Å²) in [6.07, 6.45) is -4.59. The topological polar surface area (TPSA) is 58.5 Å². The maximum Gasteiger partial charge on any atom is 0.434 e. The average Bonchev–Trinajstić information content (AvgIpc) is 3.06. The number of alkyl halides is 3. The molecular formula is C16H19ClF3IN4OS. The average molecular weight is 535 g/mol. The minimum absolute atomic E-state index is 0. The SMILES string of the molecule is CN=C(NCc1nc(C(F)(F)F)cs1)NCC(C)Oc1ccc(Cl)cc1.I. The Labute approximate surface area is 181 Å². The lowest BCUT2D eigenvalue weighted by atomic mass is 10.3. The van der Waals surface area contributed by atoms with Gasteiger partial charge in [-0.3, -0.25) is 4.99 Å². The third kappa shape index (κ3) is 8.09. The molecule has 2 rings (SSSR count). The van der Waals surface area contributed by atoms with E-state index in [2.05, 4.69) is 20.6 Å². The summed E-state index contributed by atoms with van der Waals surface area (Å²) in [7, 11) is 1.57. The van der Waals surface area contributed by atoms with Crippen molar-refractivity contribution in [2.24, 2.45) is 4.99 Å². The Balaban J connectivity index is 0.00000364. The zero-order valence-corrected chi connectivity index (χ0v) is 18.4. The predicted molar refractivity (Wildman–Crippen MR) is 112 cm³/mol. The van der Waals surface area contributed by atoms with Gasteiger partial charge < -0.3 is 15.4 Å². The standard InChI is InChI=1S/C16H18ClF3N4OS.HI/c1-10(25-12-5-3-11(17)4-6-12)7-22-15(21-2)23-8-14-24-13(9-26-14)16(18,19)20;/h3-6,9-10H,7-8H2,1-2H3,(H2,21,22,23);1H. The first-order chi connectivity index (χ1) is 12.3. The molecule has 1 atom stereocenters. The number of halogens is 5. The van der Waals surface area contributed by atoms with E-state index >= 15 is 0 Å². The molecule has 0 aliphatic carbocycles. The maximum atomic E-state index is 12.5. The van der Waals surface area contributed by atoms with E-state index in [1.165, 1.54) is 0 Å². The van der Waals surface area contributed by atoms with Crippen molar-refractivity contribution in [3.8, 4) is 5.75 Å². The number of nitrogens with zero attached hydrogens (tertiary/aromatic N) is 2. The molecule has 1 aromatic carbocycles. The number of thiazole rings is 1. The highest BCUT2D eigenvalue weighted by Crippen LogP contribution is 2.29. The van der Waals surface area contributed by atoms with E-state index in [-0.39, 0.29) is 36.6 Å². The molecule has 0 saturated heterocycles. The Bertz CT molecular complexity index is 740. The molecule has 0 fully saturated rings. The molecule has 1 heterocycles. The molecule has 1 unspecified atom stereocenters. The van der Waals surface area contributed by atoms with Gasteiger partial charge in [0.15, 0.2) is 11.7 Å². The first kappa shape index (κ1) is 23.8. The lowest BCUT2D eigenvalue weighted by molar-refractivity contribution is -0.140. The van der Waals surface area contributed by atoms with Crippen molar-refractivity contribution in [2.45, 2.75) is 25.7 Å². The lowest BCUT2D eigenvalue weighted by Gasteiger charge is -2.17. The van der Waals surface area contributed by atoms with Crippen LogP contribution in [0.4, 0.5) is 13.2 Å². The zero-order valence-electron chi connectivity index (χ0n) is 14.5. The predicted octanol–water partition coefficient (Wildman–Crippen LogP) is 4.57. The van der Waals surface area contributed by atoms with Gasteiger partial charge in [0.05, 0.1) is 13.1 Å². The van der Waals surface area contributed by atoms with Gasteiger partial charge >= 0.3 is 6.18 Å². The largest absolute Gasteiger partial charge is 0.489 e. The smallest absolute Gasteiger partial charge is 0.434 e. The van der Waals surface area contributed by atoms with Crippen LogP contribution in [0.3, 0.4) is 0 Å². The number of ether oxygens (including phenoxy) is 1. The molecule has 1 aromatic heterocycles. The molecule has 2 N–H and O–H groups in total. The third-order valence-corrected chi connectivity index (χ3v) is 4.28. The van der Waals surface area contributed by atoms with E-state index in [9.17, 15) is 13.2 Å². The molecule has 27 heavy (non-hydrogen) atoms. The van der Waals surface area contributed by atoms with E-state index in [4.69, 9.17) is 16.3 Å². The summed E-state index contributed by atoms with van der Waals surface area (Å²) in [6.45, 7) is 2.48. The van der Waals surface area contributed by atoms with Crippen LogP contribution in [-0.2, 0) is 12.7 Å². The van der Waals surface area contributed by atoms with Gasteiger partial charge in [0, 0.05) is 17.5 Å². The van der Waals surface area contributed by atoms with Crippen LogP contribution in [0.1, 0.15) is 17.6 Å². The van der Waals surface area contributed by atoms with Crippen molar-refractivity contribution in [1.82, 2.24) is 15.6 Å². The van der Waals surface area contributed by atoms with Crippen molar-refractivity contribution < 1.29 is 17.9 Å². The van der Waals surface area contributed by atoms with Crippen molar-refractivity contribution in [3.63, 3.8) is 0 Å². The second kappa shape index (κ2) is 10.9. The van der Waals surface area contributed by atoms with Crippen LogP contribution in [0.15, 0.2) is 34.6 Å². The Kier molecular flexibility index (Phi) is 9.60. The maximum absolute atomic E-state index is 12.5. The van der Waals surface area contributed by atoms with Crippen molar-refractivity contribution in [3.05, 3.63) is 45.4 Å².